The highest BCUT2D eigenvalue weighted by Gasteiger charge is 2.10. The summed E-state index contributed by atoms with van der Waals surface area (Å²) >= 11 is 6.04. The minimum absolute atomic E-state index is 0.0180. The van der Waals surface area contributed by atoms with Gasteiger partial charge in [0.25, 0.3) is 0 Å². The number of aromatic amines is 1. The Morgan fingerprint density at radius 2 is 2.10 bits per heavy atom. The Morgan fingerprint density at radius 1 is 1.30 bits per heavy atom. The minimum Gasteiger partial charge on any atom is -0.495 e. The van der Waals surface area contributed by atoms with E-state index < -0.39 is 11.2 Å². The highest BCUT2D eigenvalue weighted by Crippen LogP contribution is 2.25. The number of aromatic nitrogens is 4. The van der Waals surface area contributed by atoms with Crippen LogP contribution in [0.25, 0.3) is 11.3 Å². The Balaban J connectivity index is 2.24. The predicted molar refractivity (Wildman–Crippen MR) is 73.0 cm³/mol. The molecule has 0 atom stereocenters. The third kappa shape index (κ3) is 1.79. The van der Waals surface area contributed by atoms with Crippen LogP contribution < -0.4 is 16.0 Å². The average molecular weight is 293 g/mol. The van der Waals surface area contributed by atoms with Crippen molar-refractivity contribution in [3.05, 3.63) is 56.5 Å². The van der Waals surface area contributed by atoms with Gasteiger partial charge in [0, 0.05) is 12.4 Å². The average Bonchev–Trinajstić information content (AvgIpc) is 2.82. The minimum atomic E-state index is -0.461. The fourth-order valence-corrected chi connectivity index (χ4v) is 2.16. The zero-order chi connectivity index (χ0) is 14.3. The maximum atomic E-state index is 12.3. The van der Waals surface area contributed by atoms with E-state index in [2.05, 4.69) is 10.2 Å². The second-order valence-electron chi connectivity index (χ2n) is 4.01. The fourth-order valence-electron chi connectivity index (χ4n) is 1.91. The molecular weight excluding hydrogens is 284 g/mol. The van der Waals surface area contributed by atoms with E-state index in [0.29, 0.717) is 16.5 Å². The van der Waals surface area contributed by atoms with Gasteiger partial charge in [0.15, 0.2) is 0 Å². The summed E-state index contributed by atoms with van der Waals surface area (Å²) in [7, 11) is 1.51. The molecule has 102 valence electrons. The van der Waals surface area contributed by atoms with E-state index in [4.69, 9.17) is 16.3 Å². The van der Waals surface area contributed by atoms with Crippen LogP contribution in [0.4, 0.5) is 0 Å². The smallest absolute Gasteiger partial charge is 0.347 e. The molecule has 0 unspecified atom stereocenters. The van der Waals surface area contributed by atoms with Crippen LogP contribution in [0.15, 0.2) is 40.2 Å². The van der Waals surface area contributed by atoms with Gasteiger partial charge in [-0.05, 0) is 18.2 Å². The molecule has 8 heteroatoms. The van der Waals surface area contributed by atoms with Crippen molar-refractivity contribution in [3.8, 4) is 11.4 Å². The number of rotatable bonds is 2. The van der Waals surface area contributed by atoms with Gasteiger partial charge in [-0.1, -0.05) is 11.6 Å². The Morgan fingerprint density at radius 3 is 2.80 bits per heavy atom. The number of nitrogens with one attached hydrogen (secondary N) is 1. The molecule has 3 aromatic rings. The van der Waals surface area contributed by atoms with Crippen molar-refractivity contribution >= 4 is 17.2 Å². The molecule has 0 aliphatic heterocycles. The van der Waals surface area contributed by atoms with Crippen LogP contribution in [0.5, 0.6) is 5.75 Å². The van der Waals surface area contributed by atoms with Gasteiger partial charge < -0.3 is 4.74 Å². The highest BCUT2D eigenvalue weighted by molar-refractivity contribution is 6.32. The van der Waals surface area contributed by atoms with Crippen molar-refractivity contribution in [1.29, 1.82) is 0 Å². The zero-order valence-electron chi connectivity index (χ0n) is 10.3. The van der Waals surface area contributed by atoms with E-state index in [0.717, 1.165) is 4.40 Å². The summed E-state index contributed by atoms with van der Waals surface area (Å²) in [6.45, 7) is 0. The molecule has 3 rings (SSSR count). The molecule has 0 radical (unpaired) electrons. The topological polar surface area (TPSA) is 81.4 Å². The molecule has 7 nitrogen and oxygen atoms in total. The SMILES string of the molecule is COc1ccc(-n2ccn3c(=O)[nH]nc3c2=O)cc1Cl. The van der Waals surface area contributed by atoms with Crippen molar-refractivity contribution in [2.75, 3.05) is 7.11 Å². The molecule has 1 aromatic carbocycles. The summed E-state index contributed by atoms with van der Waals surface area (Å²) in [6, 6.07) is 4.95. The monoisotopic (exact) mass is 292 g/mol. The van der Waals surface area contributed by atoms with Crippen LogP contribution in [0.3, 0.4) is 0 Å². The number of methoxy groups -OCH3 is 1. The Bertz CT molecular complexity index is 909. The quantitative estimate of drug-likeness (QED) is 0.759. The highest BCUT2D eigenvalue weighted by atomic mass is 35.5. The van der Waals surface area contributed by atoms with Gasteiger partial charge in [0.1, 0.15) is 5.75 Å². The summed E-state index contributed by atoms with van der Waals surface area (Å²) < 4.78 is 7.55. The van der Waals surface area contributed by atoms with Gasteiger partial charge >= 0.3 is 11.2 Å². The molecule has 20 heavy (non-hydrogen) atoms. The Kier molecular flexibility index (Phi) is 2.83. The van der Waals surface area contributed by atoms with Crippen LogP contribution in [0.1, 0.15) is 0 Å². The van der Waals surface area contributed by atoms with Crippen LogP contribution in [0, 0.1) is 0 Å². The number of halogens is 1. The van der Waals surface area contributed by atoms with Crippen LogP contribution in [0.2, 0.25) is 5.02 Å². The lowest BCUT2D eigenvalue weighted by Gasteiger charge is -2.08. The lowest BCUT2D eigenvalue weighted by Crippen LogP contribution is -2.22. The lowest BCUT2D eigenvalue weighted by molar-refractivity contribution is 0.415. The summed E-state index contributed by atoms with van der Waals surface area (Å²) in [5, 5.41) is 6.30. The van der Waals surface area contributed by atoms with E-state index in [1.807, 2.05) is 0 Å². The summed E-state index contributed by atoms with van der Waals surface area (Å²) in [4.78, 5) is 23.6. The van der Waals surface area contributed by atoms with Gasteiger partial charge in [-0.3, -0.25) is 9.36 Å². The molecule has 0 saturated carbocycles. The molecule has 0 saturated heterocycles. The van der Waals surface area contributed by atoms with Crippen molar-refractivity contribution < 1.29 is 4.74 Å². The van der Waals surface area contributed by atoms with Gasteiger partial charge in [0.05, 0.1) is 17.8 Å². The third-order valence-corrected chi connectivity index (χ3v) is 3.19. The molecule has 2 aromatic heterocycles. The summed E-state index contributed by atoms with van der Waals surface area (Å²) in [5.74, 6) is 0.514. The second-order valence-corrected chi connectivity index (χ2v) is 4.42. The number of benzene rings is 1. The molecule has 0 amide bonds. The fraction of sp³-hybridized carbons (Fsp3) is 0.0833. The molecule has 0 bridgehead atoms. The van der Waals surface area contributed by atoms with Gasteiger partial charge in [-0.2, -0.15) is 0 Å². The number of fused-ring (bicyclic) bond motifs is 1. The first-order chi connectivity index (χ1) is 9.61. The van der Waals surface area contributed by atoms with Crippen LogP contribution in [-0.4, -0.2) is 26.3 Å². The number of H-pyrrole nitrogens is 1. The number of hydrogen-bond acceptors (Lipinski definition) is 4. The maximum absolute atomic E-state index is 12.3. The van der Waals surface area contributed by atoms with Gasteiger partial charge in [-0.15, -0.1) is 5.10 Å². The largest absolute Gasteiger partial charge is 0.495 e. The number of hydrogen-bond donors (Lipinski definition) is 1. The molecule has 0 aliphatic carbocycles. The second kappa shape index (κ2) is 4.53. The van der Waals surface area contributed by atoms with Crippen LogP contribution in [-0.2, 0) is 0 Å². The zero-order valence-corrected chi connectivity index (χ0v) is 11.1. The summed E-state index contributed by atoms with van der Waals surface area (Å²) in [6.07, 6.45) is 2.94. The molecule has 0 aliphatic rings. The molecule has 2 heterocycles. The number of ether oxygens (including phenoxy) is 1. The van der Waals surface area contributed by atoms with Crippen molar-refractivity contribution in [2.24, 2.45) is 0 Å². The van der Waals surface area contributed by atoms with Gasteiger partial charge in [-0.25, -0.2) is 14.3 Å². The summed E-state index contributed by atoms with van der Waals surface area (Å²) in [5.41, 5.74) is -0.313. The van der Waals surface area contributed by atoms with E-state index >= 15 is 0 Å². The number of nitrogens with zero attached hydrogens (tertiary/aromatic N) is 3. The van der Waals surface area contributed by atoms with E-state index in [9.17, 15) is 9.59 Å². The van der Waals surface area contributed by atoms with Crippen molar-refractivity contribution in [1.82, 2.24) is 19.2 Å². The normalized spacial score (nSPS) is 10.9. The van der Waals surface area contributed by atoms with Gasteiger partial charge in [0.2, 0.25) is 5.65 Å². The maximum Gasteiger partial charge on any atom is 0.347 e. The molecule has 0 fully saturated rings. The van der Waals surface area contributed by atoms with E-state index in [1.54, 1.807) is 18.2 Å². The van der Waals surface area contributed by atoms with E-state index in [-0.39, 0.29) is 5.65 Å². The third-order valence-electron chi connectivity index (χ3n) is 2.89. The first-order valence-corrected chi connectivity index (χ1v) is 6.02. The lowest BCUT2D eigenvalue weighted by atomic mass is 10.3. The van der Waals surface area contributed by atoms with Crippen molar-refractivity contribution in [3.63, 3.8) is 0 Å². The molecule has 1 N–H and O–H groups in total. The van der Waals surface area contributed by atoms with E-state index in [1.165, 1.54) is 24.1 Å². The molecular formula is C12H9ClN4O3. The first kappa shape index (κ1) is 12.5. The standard InChI is InChI=1S/C12H9ClN4O3/c1-20-9-3-2-7(6-8(9)13)16-4-5-17-10(11(16)18)14-15-12(17)19/h2-6H,1H3,(H,15,19). The Hall–Kier alpha value is -2.54. The van der Waals surface area contributed by atoms with Crippen molar-refractivity contribution in [2.45, 2.75) is 0 Å². The first-order valence-electron chi connectivity index (χ1n) is 5.64. The predicted octanol–water partition coefficient (Wildman–Crippen LogP) is 0.835. The molecule has 0 spiro atoms. The Labute approximate surface area is 117 Å². The van der Waals surface area contributed by atoms with Crippen LogP contribution >= 0.6 is 11.6 Å².